The topological polar surface area (TPSA) is 37.8 Å². The van der Waals surface area contributed by atoms with Gasteiger partial charge in [-0.25, -0.2) is 0 Å². The van der Waals surface area contributed by atoms with Gasteiger partial charge < -0.3 is 5.32 Å². The van der Waals surface area contributed by atoms with E-state index in [1.807, 2.05) is 6.07 Å². The maximum absolute atomic E-state index is 5.86. The van der Waals surface area contributed by atoms with Crippen LogP contribution in [0.5, 0.6) is 0 Å². The van der Waals surface area contributed by atoms with Crippen molar-refractivity contribution in [2.45, 2.75) is 53.0 Å². The highest BCUT2D eigenvalue weighted by molar-refractivity contribution is 6.29. The molecule has 0 spiro atoms. The molecule has 0 radical (unpaired) electrons. The molecular formula is C14H22ClN3. The van der Waals surface area contributed by atoms with E-state index < -0.39 is 0 Å². The van der Waals surface area contributed by atoms with E-state index in [2.05, 4.69) is 43.2 Å². The van der Waals surface area contributed by atoms with E-state index in [4.69, 9.17) is 11.6 Å². The maximum atomic E-state index is 5.86. The van der Waals surface area contributed by atoms with Gasteiger partial charge in [0.05, 0.1) is 11.9 Å². The molecular weight excluding hydrogens is 246 g/mol. The van der Waals surface area contributed by atoms with Crippen molar-refractivity contribution in [3.05, 3.63) is 17.4 Å². The summed E-state index contributed by atoms with van der Waals surface area (Å²) < 4.78 is 0. The van der Waals surface area contributed by atoms with Crippen molar-refractivity contribution in [1.29, 1.82) is 0 Å². The molecule has 0 aromatic carbocycles. The number of halogens is 1. The Kier molecular flexibility index (Phi) is 3.54. The summed E-state index contributed by atoms with van der Waals surface area (Å²) in [5, 5.41) is 11.6. The number of aromatic nitrogens is 2. The van der Waals surface area contributed by atoms with Crippen LogP contribution in [0.2, 0.25) is 5.15 Å². The zero-order valence-electron chi connectivity index (χ0n) is 11.6. The molecule has 18 heavy (non-hydrogen) atoms. The van der Waals surface area contributed by atoms with E-state index in [0.717, 1.165) is 5.69 Å². The van der Waals surface area contributed by atoms with Gasteiger partial charge in [0, 0.05) is 12.1 Å². The smallest absolute Gasteiger partial charge is 0.153 e. The first-order valence-corrected chi connectivity index (χ1v) is 6.88. The molecule has 1 aromatic heterocycles. The number of rotatable bonds is 2. The minimum absolute atomic E-state index is 0.379. The van der Waals surface area contributed by atoms with E-state index >= 15 is 0 Å². The summed E-state index contributed by atoms with van der Waals surface area (Å²) in [7, 11) is 0. The van der Waals surface area contributed by atoms with E-state index in [1.54, 1.807) is 6.20 Å². The molecule has 1 N–H and O–H groups in total. The highest BCUT2D eigenvalue weighted by Gasteiger charge is 2.38. The first-order chi connectivity index (χ1) is 8.26. The number of nitrogens with one attached hydrogen (secondary N) is 1. The lowest BCUT2D eigenvalue weighted by Crippen LogP contribution is -2.40. The Labute approximate surface area is 114 Å². The molecule has 1 heterocycles. The van der Waals surface area contributed by atoms with E-state index in [-0.39, 0.29) is 0 Å². The summed E-state index contributed by atoms with van der Waals surface area (Å²) in [5.41, 5.74) is 1.72. The second-order valence-corrected chi connectivity index (χ2v) is 7.41. The van der Waals surface area contributed by atoms with Gasteiger partial charge in [0.25, 0.3) is 0 Å². The molecule has 1 fully saturated rings. The lowest BCUT2D eigenvalue weighted by molar-refractivity contribution is 0.105. The Balaban J connectivity index is 2.09. The molecule has 3 nitrogen and oxygen atoms in total. The SMILES string of the molecule is CC1(C)CC(Nc2cnnc(Cl)c2)CC(C)(C)C1. The highest BCUT2D eigenvalue weighted by atomic mass is 35.5. The van der Waals surface area contributed by atoms with Gasteiger partial charge in [0.15, 0.2) is 5.15 Å². The molecule has 1 aromatic rings. The Bertz CT molecular complexity index is 413. The first kappa shape index (κ1) is 13.6. The number of nitrogens with zero attached hydrogens (tertiary/aromatic N) is 2. The van der Waals surface area contributed by atoms with Gasteiger partial charge in [0.1, 0.15) is 0 Å². The van der Waals surface area contributed by atoms with Crippen LogP contribution in [0.25, 0.3) is 0 Å². The van der Waals surface area contributed by atoms with Crippen LogP contribution in [-0.4, -0.2) is 16.2 Å². The molecule has 1 aliphatic rings. The molecule has 1 aliphatic carbocycles. The first-order valence-electron chi connectivity index (χ1n) is 6.51. The van der Waals surface area contributed by atoms with Gasteiger partial charge in [-0.3, -0.25) is 0 Å². The minimum atomic E-state index is 0.379. The molecule has 0 atom stereocenters. The van der Waals surface area contributed by atoms with Gasteiger partial charge in [-0.1, -0.05) is 39.3 Å². The molecule has 0 bridgehead atoms. The second kappa shape index (κ2) is 4.69. The average molecular weight is 268 g/mol. The molecule has 0 unspecified atom stereocenters. The van der Waals surface area contributed by atoms with Crippen molar-refractivity contribution in [3.8, 4) is 0 Å². The number of hydrogen-bond donors (Lipinski definition) is 1. The van der Waals surface area contributed by atoms with Gasteiger partial charge >= 0.3 is 0 Å². The molecule has 1 saturated carbocycles. The summed E-state index contributed by atoms with van der Waals surface area (Å²) in [5.74, 6) is 0. The molecule has 4 heteroatoms. The molecule has 100 valence electrons. The maximum Gasteiger partial charge on any atom is 0.153 e. The Hall–Kier alpha value is -0.830. The van der Waals surface area contributed by atoms with Crippen molar-refractivity contribution in [2.24, 2.45) is 10.8 Å². The molecule has 0 amide bonds. The third-order valence-electron chi connectivity index (χ3n) is 3.55. The third kappa shape index (κ3) is 3.58. The standard InChI is InChI=1S/C14H22ClN3/c1-13(2)6-11(7-14(3,4)9-13)17-10-5-12(15)18-16-8-10/h5,8,11H,6-7,9H2,1-4H3,(H,17,18). The number of hydrogen-bond acceptors (Lipinski definition) is 3. The normalized spacial score (nSPS) is 22.7. The van der Waals surface area contributed by atoms with E-state index in [0.29, 0.717) is 22.0 Å². The fourth-order valence-electron chi connectivity index (χ4n) is 3.60. The van der Waals surface area contributed by atoms with Crippen molar-refractivity contribution in [3.63, 3.8) is 0 Å². The Morgan fingerprint density at radius 3 is 2.39 bits per heavy atom. The summed E-state index contributed by atoms with van der Waals surface area (Å²) in [6, 6.07) is 2.31. The van der Waals surface area contributed by atoms with E-state index in [9.17, 15) is 0 Å². The van der Waals surface area contributed by atoms with E-state index in [1.165, 1.54) is 19.3 Å². The van der Waals surface area contributed by atoms with Crippen LogP contribution < -0.4 is 5.32 Å². The third-order valence-corrected chi connectivity index (χ3v) is 3.74. The van der Waals surface area contributed by atoms with Crippen molar-refractivity contribution < 1.29 is 0 Å². The lowest BCUT2D eigenvalue weighted by Gasteiger charge is -2.45. The van der Waals surface area contributed by atoms with Gasteiger partial charge in [0.2, 0.25) is 0 Å². The van der Waals surface area contributed by atoms with Gasteiger partial charge in [-0.2, -0.15) is 5.10 Å². The Morgan fingerprint density at radius 1 is 1.22 bits per heavy atom. The molecule has 0 aliphatic heterocycles. The van der Waals surface area contributed by atoms with Crippen LogP contribution in [0.4, 0.5) is 5.69 Å². The average Bonchev–Trinajstić information content (AvgIpc) is 2.11. The predicted octanol–water partition coefficient (Wildman–Crippen LogP) is 4.15. The fraction of sp³-hybridized carbons (Fsp3) is 0.714. The highest BCUT2D eigenvalue weighted by Crippen LogP contribution is 2.46. The summed E-state index contributed by atoms with van der Waals surface area (Å²) in [4.78, 5) is 0. The molecule has 0 saturated heterocycles. The van der Waals surface area contributed by atoms with Crippen molar-refractivity contribution in [1.82, 2.24) is 10.2 Å². The van der Waals surface area contributed by atoms with Crippen LogP contribution in [0.15, 0.2) is 12.3 Å². The zero-order chi connectivity index (χ0) is 13.4. The van der Waals surface area contributed by atoms with Crippen molar-refractivity contribution >= 4 is 17.3 Å². The van der Waals surface area contributed by atoms with Crippen molar-refractivity contribution in [2.75, 3.05) is 5.32 Å². The quantitative estimate of drug-likeness (QED) is 0.875. The Morgan fingerprint density at radius 2 is 1.83 bits per heavy atom. The van der Waals surface area contributed by atoms with Crippen LogP contribution in [0.1, 0.15) is 47.0 Å². The van der Waals surface area contributed by atoms with Crippen LogP contribution in [-0.2, 0) is 0 Å². The number of anilines is 1. The second-order valence-electron chi connectivity index (χ2n) is 7.02. The summed E-state index contributed by atoms with van der Waals surface area (Å²) in [6.45, 7) is 9.39. The fourth-order valence-corrected chi connectivity index (χ4v) is 3.76. The predicted molar refractivity (Wildman–Crippen MR) is 75.9 cm³/mol. The van der Waals surface area contributed by atoms with Crippen LogP contribution >= 0.6 is 11.6 Å². The minimum Gasteiger partial charge on any atom is -0.381 e. The zero-order valence-corrected chi connectivity index (χ0v) is 12.4. The lowest BCUT2D eigenvalue weighted by atomic mass is 9.63. The largest absolute Gasteiger partial charge is 0.381 e. The van der Waals surface area contributed by atoms with Gasteiger partial charge in [-0.05, 0) is 30.1 Å². The van der Waals surface area contributed by atoms with Crippen LogP contribution in [0.3, 0.4) is 0 Å². The van der Waals surface area contributed by atoms with Crippen LogP contribution in [0, 0.1) is 10.8 Å². The summed E-state index contributed by atoms with van der Waals surface area (Å²) >= 11 is 5.86. The monoisotopic (exact) mass is 267 g/mol. The summed E-state index contributed by atoms with van der Waals surface area (Å²) in [6.07, 6.45) is 5.36. The van der Waals surface area contributed by atoms with Gasteiger partial charge in [-0.15, -0.1) is 5.10 Å². The molecule has 2 rings (SSSR count).